The van der Waals surface area contributed by atoms with Crippen molar-refractivity contribution in [3.05, 3.63) is 54.6 Å². The Morgan fingerprint density at radius 1 is 1.00 bits per heavy atom. The van der Waals surface area contributed by atoms with Crippen molar-refractivity contribution < 1.29 is 9.53 Å². The van der Waals surface area contributed by atoms with Gasteiger partial charge in [0.05, 0.1) is 12.1 Å². The van der Waals surface area contributed by atoms with Gasteiger partial charge < -0.3 is 20.3 Å². The van der Waals surface area contributed by atoms with Crippen molar-refractivity contribution in [2.24, 2.45) is 5.92 Å². The minimum atomic E-state index is 0.109. The van der Waals surface area contributed by atoms with E-state index in [1.54, 1.807) is 0 Å². The molecule has 1 aliphatic carbocycles. The normalized spacial score (nSPS) is 17.8. The fourth-order valence-electron chi connectivity index (χ4n) is 4.44. The Labute approximate surface area is 201 Å². The standard InChI is InChI=1S/C27H35N5O2/c1-32(2)26-23-11-6-7-12-24(23)30-27(31-26)29-21-16-14-20(15-17-21)19-28-25(33)13-8-18-34-22-9-4-3-5-10-22/h3-7,9-12,20-21H,8,13-19H2,1-2H3,(H,28,33)(H,29,30,31). The molecule has 0 bridgehead atoms. The van der Waals surface area contributed by atoms with E-state index in [4.69, 9.17) is 14.7 Å². The van der Waals surface area contributed by atoms with Crippen LogP contribution in [-0.2, 0) is 4.79 Å². The number of carbonyl (C=O) groups is 1. The zero-order valence-electron chi connectivity index (χ0n) is 20.2. The van der Waals surface area contributed by atoms with Crippen molar-refractivity contribution in [2.75, 3.05) is 37.5 Å². The van der Waals surface area contributed by atoms with Crippen molar-refractivity contribution in [1.82, 2.24) is 15.3 Å². The molecule has 3 aromatic rings. The zero-order chi connectivity index (χ0) is 23.8. The summed E-state index contributed by atoms with van der Waals surface area (Å²) in [5.41, 5.74) is 0.953. The van der Waals surface area contributed by atoms with Gasteiger partial charge >= 0.3 is 0 Å². The Morgan fingerprint density at radius 2 is 1.74 bits per heavy atom. The third-order valence-corrected chi connectivity index (χ3v) is 6.33. The molecule has 7 nitrogen and oxygen atoms in total. The van der Waals surface area contributed by atoms with Gasteiger partial charge in [0.25, 0.3) is 0 Å². The summed E-state index contributed by atoms with van der Waals surface area (Å²) in [7, 11) is 4.02. The predicted octanol–water partition coefficient (Wildman–Crippen LogP) is 4.64. The summed E-state index contributed by atoms with van der Waals surface area (Å²) in [4.78, 5) is 23.7. The lowest BCUT2D eigenvalue weighted by Gasteiger charge is -2.29. The molecule has 1 heterocycles. The van der Waals surface area contributed by atoms with Crippen molar-refractivity contribution >= 4 is 28.6 Å². The van der Waals surface area contributed by atoms with Crippen LogP contribution in [0.25, 0.3) is 10.9 Å². The fourth-order valence-corrected chi connectivity index (χ4v) is 4.44. The van der Waals surface area contributed by atoms with E-state index in [-0.39, 0.29) is 5.91 Å². The lowest BCUT2D eigenvalue weighted by atomic mass is 9.86. The summed E-state index contributed by atoms with van der Waals surface area (Å²) in [6.07, 6.45) is 5.50. The Hall–Kier alpha value is -3.35. The van der Waals surface area contributed by atoms with Gasteiger partial charge in [-0.05, 0) is 62.3 Å². The first-order valence-electron chi connectivity index (χ1n) is 12.2. The Balaban J connectivity index is 1.17. The molecule has 34 heavy (non-hydrogen) atoms. The van der Waals surface area contributed by atoms with Crippen LogP contribution in [0.2, 0.25) is 0 Å². The van der Waals surface area contributed by atoms with Gasteiger partial charge in [-0.3, -0.25) is 4.79 Å². The molecule has 180 valence electrons. The molecular formula is C27H35N5O2. The van der Waals surface area contributed by atoms with Crippen LogP contribution in [0.1, 0.15) is 38.5 Å². The van der Waals surface area contributed by atoms with Gasteiger partial charge in [-0.25, -0.2) is 4.98 Å². The lowest BCUT2D eigenvalue weighted by molar-refractivity contribution is -0.121. The van der Waals surface area contributed by atoms with Crippen LogP contribution < -0.4 is 20.3 Å². The van der Waals surface area contributed by atoms with Crippen LogP contribution in [0, 0.1) is 5.92 Å². The summed E-state index contributed by atoms with van der Waals surface area (Å²) in [6, 6.07) is 18.2. The Bertz CT molecular complexity index is 1070. The van der Waals surface area contributed by atoms with Crippen molar-refractivity contribution in [3.8, 4) is 5.75 Å². The summed E-state index contributed by atoms with van der Waals surface area (Å²) < 4.78 is 5.66. The van der Waals surface area contributed by atoms with E-state index in [2.05, 4.69) is 16.7 Å². The summed E-state index contributed by atoms with van der Waals surface area (Å²) >= 11 is 0. The molecule has 0 atom stereocenters. The summed E-state index contributed by atoms with van der Waals surface area (Å²) in [6.45, 7) is 1.31. The highest BCUT2D eigenvalue weighted by Crippen LogP contribution is 2.28. The fraction of sp³-hybridized carbons (Fsp3) is 0.444. The molecule has 2 aromatic carbocycles. The van der Waals surface area contributed by atoms with Gasteiger partial charge in [-0.15, -0.1) is 0 Å². The van der Waals surface area contributed by atoms with Gasteiger partial charge in [0, 0.05) is 38.5 Å². The molecule has 1 amide bonds. The van der Waals surface area contributed by atoms with Crippen LogP contribution in [0.5, 0.6) is 5.75 Å². The number of fused-ring (bicyclic) bond motifs is 1. The number of anilines is 2. The van der Waals surface area contributed by atoms with Gasteiger partial charge in [-0.2, -0.15) is 4.98 Å². The van der Waals surface area contributed by atoms with Gasteiger partial charge in [0.1, 0.15) is 11.6 Å². The van der Waals surface area contributed by atoms with Crippen LogP contribution in [-0.4, -0.2) is 49.2 Å². The minimum absolute atomic E-state index is 0.109. The molecule has 7 heteroatoms. The summed E-state index contributed by atoms with van der Waals surface area (Å²) in [5, 5.41) is 7.72. The van der Waals surface area contributed by atoms with E-state index < -0.39 is 0 Å². The highest BCUT2D eigenvalue weighted by Gasteiger charge is 2.22. The molecule has 1 fully saturated rings. The Kier molecular flexibility index (Phi) is 8.17. The first-order valence-corrected chi connectivity index (χ1v) is 12.2. The second-order valence-electron chi connectivity index (χ2n) is 9.21. The molecular weight excluding hydrogens is 426 g/mol. The number of hydrogen-bond acceptors (Lipinski definition) is 6. The van der Waals surface area contributed by atoms with E-state index in [0.29, 0.717) is 30.9 Å². The molecule has 1 aliphatic rings. The second kappa shape index (κ2) is 11.7. The number of benzene rings is 2. The molecule has 0 radical (unpaired) electrons. The van der Waals surface area contributed by atoms with E-state index in [9.17, 15) is 4.79 Å². The molecule has 2 N–H and O–H groups in total. The summed E-state index contributed by atoms with van der Waals surface area (Å²) in [5.74, 6) is 3.10. The minimum Gasteiger partial charge on any atom is -0.494 e. The number of amides is 1. The topological polar surface area (TPSA) is 79.4 Å². The molecule has 0 saturated heterocycles. The van der Waals surface area contributed by atoms with E-state index >= 15 is 0 Å². The molecule has 0 spiro atoms. The van der Waals surface area contributed by atoms with Gasteiger partial charge in [0.15, 0.2) is 0 Å². The maximum atomic E-state index is 12.2. The number of nitrogens with one attached hydrogen (secondary N) is 2. The number of ether oxygens (including phenoxy) is 1. The van der Waals surface area contributed by atoms with Crippen molar-refractivity contribution in [3.63, 3.8) is 0 Å². The lowest BCUT2D eigenvalue weighted by Crippen LogP contribution is -2.34. The SMILES string of the molecule is CN(C)c1nc(NC2CCC(CNC(=O)CCCOc3ccccc3)CC2)nc2ccccc12. The second-order valence-corrected chi connectivity index (χ2v) is 9.21. The van der Waals surface area contributed by atoms with Crippen LogP contribution in [0.15, 0.2) is 54.6 Å². The third-order valence-electron chi connectivity index (χ3n) is 6.33. The number of nitrogens with zero attached hydrogens (tertiary/aromatic N) is 3. The maximum Gasteiger partial charge on any atom is 0.225 e. The first-order chi connectivity index (χ1) is 16.6. The number of hydrogen-bond donors (Lipinski definition) is 2. The monoisotopic (exact) mass is 461 g/mol. The average Bonchev–Trinajstić information content (AvgIpc) is 2.86. The third kappa shape index (κ3) is 6.59. The van der Waals surface area contributed by atoms with Gasteiger partial charge in [0.2, 0.25) is 11.9 Å². The van der Waals surface area contributed by atoms with Crippen LogP contribution in [0.4, 0.5) is 11.8 Å². The molecule has 1 aromatic heterocycles. The van der Waals surface area contributed by atoms with E-state index in [1.807, 2.05) is 67.5 Å². The first kappa shape index (κ1) is 23.8. The van der Waals surface area contributed by atoms with Gasteiger partial charge in [-0.1, -0.05) is 30.3 Å². The Morgan fingerprint density at radius 3 is 2.50 bits per heavy atom. The molecule has 0 aliphatic heterocycles. The number of aromatic nitrogens is 2. The average molecular weight is 462 g/mol. The van der Waals surface area contributed by atoms with Crippen LogP contribution >= 0.6 is 0 Å². The highest BCUT2D eigenvalue weighted by atomic mass is 16.5. The smallest absolute Gasteiger partial charge is 0.225 e. The van der Waals surface area contributed by atoms with Crippen molar-refractivity contribution in [1.29, 1.82) is 0 Å². The number of para-hydroxylation sites is 2. The highest BCUT2D eigenvalue weighted by molar-refractivity contribution is 5.90. The number of carbonyl (C=O) groups excluding carboxylic acids is 1. The van der Waals surface area contributed by atoms with Crippen molar-refractivity contribution in [2.45, 2.75) is 44.6 Å². The zero-order valence-corrected chi connectivity index (χ0v) is 20.2. The van der Waals surface area contributed by atoms with E-state index in [1.165, 1.54) is 0 Å². The predicted molar refractivity (Wildman–Crippen MR) is 137 cm³/mol. The quantitative estimate of drug-likeness (QED) is 0.428. The van der Waals surface area contributed by atoms with Crippen LogP contribution in [0.3, 0.4) is 0 Å². The maximum absolute atomic E-state index is 12.2. The molecule has 1 saturated carbocycles. The number of rotatable bonds is 10. The largest absolute Gasteiger partial charge is 0.494 e. The van der Waals surface area contributed by atoms with E-state index in [0.717, 1.165) is 61.1 Å². The molecule has 4 rings (SSSR count). The molecule has 0 unspecified atom stereocenters.